The molecule has 6 rings (SSSR count). The van der Waals surface area contributed by atoms with Crippen molar-refractivity contribution in [2.24, 2.45) is 0 Å². The van der Waals surface area contributed by atoms with Crippen molar-refractivity contribution in [2.45, 2.75) is 50.5 Å². The molecule has 1 amide bonds. The summed E-state index contributed by atoms with van der Waals surface area (Å²) in [4.78, 5) is 15.4. The molecule has 1 N–H and O–H groups in total. The zero-order valence-corrected chi connectivity index (χ0v) is 20.4. The highest BCUT2D eigenvalue weighted by atomic mass is 16.5. The highest BCUT2D eigenvalue weighted by Crippen LogP contribution is 2.55. The summed E-state index contributed by atoms with van der Waals surface area (Å²) in [5.41, 5.74) is 4.18. The van der Waals surface area contributed by atoms with E-state index in [0.29, 0.717) is 12.5 Å². The van der Waals surface area contributed by atoms with Crippen LogP contribution in [0.5, 0.6) is 11.6 Å². The van der Waals surface area contributed by atoms with Gasteiger partial charge in [-0.3, -0.25) is 4.79 Å². The van der Waals surface area contributed by atoms with Crippen molar-refractivity contribution in [1.82, 2.24) is 14.7 Å². The van der Waals surface area contributed by atoms with Gasteiger partial charge < -0.3 is 19.7 Å². The lowest BCUT2D eigenvalue weighted by molar-refractivity contribution is -0.123. The number of ether oxygens (including phenoxy) is 2. The molecule has 3 heterocycles. The van der Waals surface area contributed by atoms with Crippen molar-refractivity contribution in [2.75, 3.05) is 32.1 Å². The van der Waals surface area contributed by atoms with Gasteiger partial charge in [0.15, 0.2) is 0 Å². The van der Waals surface area contributed by atoms with E-state index < -0.39 is 5.41 Å². The van der Waals surface area contributed by atoms with E-state index >= 15 is 0 Å². The number of carbonyl (C=O) groups is 1. The SMILES string of the molecule is CCOc1cc(-c2cc(OC3CCN(C)CC3)c3c(c2)C2(CCC2)C(=O)N3)nn1-c1ccccc1. The first-order valence-corrected chi connectivity index (χ1v) is 12.7. The number of piperidine rings is 1. The number of aromatic nitrogens is 2. The van der Waals surface area contributed by atoms with Crippen LogP contribution in [0.2, 0.25) is 0 Å². The van der Waals surface area contributed by atoms with Crippen molar-refractivity contribution in [1.29, 1.82) is 0 Å². The third kappa shape index (κ3) is 3.78. The molecule has 1 aromatic heterocycles. The quantitative estimate of drug-likeness (QED) is 0.559. The van der Waals surface area contributed by atoms with Crippen LogP contribution in [0.25, 0.3) is 16.9 Å². The van der Waals surface area contributed by atoms with E-state index in [1.807, 2.05) is 54.1 Å². The average Bonchev–Trinajstić information content (AvgIpc) is 3.39. The van der Waals surface area contributed by atoms with Crippen LogP contribution >= 0.6 is 0 Å². The Hall–Kier alpha value is -3.32. The molecule has 3 aliphatic rings. The summed E-state index contributed by atoms with van der Waals surface area (Å²) in [5.74, 6) is 1.56. The molecule has 1 aliphatic carbocycles. The second-order valence-electron chi connectivity index (χ2n) is 9.96. The molecule has 7 nitrogen and oxygen atoms in total. The largest absolute Gasteiger partial charge is 0.488 e. The lowest BCUT2D eigenvalue weighted by atomic mass is 9.65. The smallest absolute Gasteiger partial charge is 0.235 e. The number of para-hydroxylation sites is 1. The number of fused-ring (bicyclic) bond motifs is 2. The van der Waals surface area contributed by atoms with Crippen molar-refractivity contribution < 1.29 is 14.3 Å². The maximum atomic E-state index is 13.1. The zero-order valence-electron chi connectivity index (χ0n) is 20.4. The van der Waals surface area contributed by atoms with Gasteiger partial charge in [0, 0.05) is 24.7 Å². The minimum atomic E-state index is -0.430. The van der Waals surface area contributed by atoms with E-state index in [0.717, 1.165) is 79.1 Å². The summed E-state index contributed by atoms with van der Waals surface area (Å²) in [6.07, 6.45) is 4.93. The maximum Gasteiger partial charge on any atom is 0.235 e. The number of amides is 1. The molecule has 3 aromatic rings. The minimum Gasteiger partial charge on any atom is -0.488 e. The molecule has 35 heavy (non-hydrogen) atoms. The fourth-order valence-electron chi connectivity index (χ4n) is 5.54. The molecule has 0 atom stereocenters. The Kier molecular flexibility index (Phi) is 5.52. The van der Waals surface area contributed by atoms with Gasteiger partial charge in [0.1, 0.15) is 11.9 Å². The van der Waals surface area contributed by atoms with E-state index in [9.17, 15) is 4.79 Å². The third-order valence-electron chi connectivity index (χ3n) is 7.72. The summed E-state index contributed by atoms with van der Waals surface area (Å²) in [6.45, 7) is 4.56. The molecule has 0 radical (unpaired) electrons. The highest BCUT2D eigenvalue weighted by Gasteiger charge is 2.52. The summed E-state index contributed by atoms with van der Waals surface area (Å²) in [5, 5.41) is 8.10. The number of anilines is 1. The molecule has 0 unspecified atom stereocenters. The monoisotopic (exact) mass is 472 g/mol. The molecule has 0 bridgehead atoms. The molecule has 2 fully saturated rings. The van der Waals surface area contributed by atoms with Gasteiger partial charge in [-0.1, -0.05) is 24.6 Å². The highest BCUT2D eigenvalue weighted by molar-refractivity contribution is 6.09. The first kappa shape index (κ1) is 22.2. The molecule has 2 aliphatic heterocycles. The van der Waals surface area contributed by atoms with Crippen LogP contribution in [0.1, 0.15) is 44.6 Å². The van der Waals surface area contributed by atoms with Gasteiger partial charge in [-0.25, -0.2) is 4.68 Å². The molecule has 1 spiro atoms. The summed E-state index contributed by atoms with van der Waals surface area (Å²) in [6, 6.07) is 16.2. The predicted molar refractivity (Wildman–Crippen MR) is 135 cm³/mol. The second-order valence-corrected chi connectivity index (χ2v) is 9.96. The van der Waals surface area contributed by atoms with Crippen molar-refractivity contribution in [3.63, 3.8) is 0 Å². The molecule has 1 saturated carbocycles. The van der Waals surface area contributed by atoms with Crippen LogP contribution in [-0.2, 0) is 10.2 Å². The maximum absolute atomic E-state index is 13.1. The number of nitrogens with one attached hydrogen (secondary N) is 1. The molecule has 182 valence electrons. The van der Waals surface area contributed by atoms with Crippen LogP contribution in [0.15, 0.2) is 48.5 Å². The average molecular weight is 473 g/mol. The van der Waals surface area contributed by atoms with Gasteiger partial charge in [0.25, 0.3) is 0 Å². The summed E-state index contributed by atoms with van der Waals surface area (Å²) in [7, 11) is 2.15. The van der Waals surface area contributed by atoms with Gasteiger partial charge in [-0.2, -0.15) is 5.10 Å². The normalized spacial score (nSPS) is 19.3. The van der Waals surface area contributed by atoms with E-state index in [-0.39, 0.29) is 12.0 Å². The second kappa shape index (κ2) is 8.72. The Morgan fingerprint density at radius 3 is 2.57 bits per heavy atom. The number of likely N-dealkylation sites (tertiary alicyclic amines) is 1. The number of hydrogen-bond acceptors (Lipinski definition) is 5. The van der Waals surface area contributed by atoms with Gasteiger partial charge in [0.2, 0.25) is 11.8 Å². The standard InChI is InChI=1S/C28H32N4O3/c1-3-34-25-18-23(30-32(25)20-8-5-4-6-9-20)19-16-22-26(29-27(33)28(22)12-7-13-28)24(17-19)35-21-10-14-31(2)15-11-21/h4-6,8-9,16-18,21H,3,7,10-15H2,1-2H3,(H,29,33). The Morgan fingerprint density at radius 1 is 1.11 bits per heavy atom. The number of carbonyl (C=O) groups excluding carboxylic acids is 1. The summed E-state index contributed by atoms with van der Waals surface area (Å²) >= 11 is 0. The molecule has 1 saturated heterocycles. The Morgan fingerprint density at radius 2 is 1.89 bits per heavy atom. The van der Waals surface area contributed by atoms with Crippen molar-refractivity contribution in [3.05, 3.63) is 54.1 Å². The predicted octanol–water partition coefficient (Wildman–Crippen LogP) is 4.78. The Bertz CT molecular complexity index is 1240. The van der Waals surface area contributed by atoms with Crippen LogP contribution < -0.4 is 14.8 Å². The van der Waals surface area contributed by atoms with Crippen LogP contribution in [-0.4, -0.2) is 53.4 Å². The van der Waals surface area contributed by atoms with Gasteiger partial charge in [0.05, 0.1) is 29.1 Å². The fraction of sp³-hybridized carbons (Fsp3) is 0.429. The van der Waals surface area contributed by atoms with Crippen LogP contribution in [0.4, 0.5) is 5.69 Å². The number of rotatable bonds is 6. The first-order chi connectivity index (χ1) is 17.1. The van der Waals surface area contributed by atoms with E-state index in [1.165, 1.54) is 0 Å². The van der Waals surface area contributed by atoms with E-state index in [4.69, 9.17) is 14.6 Å². The van der Waals surface area contributed by atoms with Crippen LogP contribution in [0, 0.1) is 0 Å². The first-order valence-electron chi connectivity index (χ1n) is 12.7. The minimum absolute atomic E-state index is 0.106. The lowest BCUT2D eigenvalue weighted by Crippen LogP contribution is -2.40. The topological polar surface area (TPSA) is 68.6 Å². The van der Waals surface area contributed by atoms with Crippen LogP contribution in [0.3, 0.4) is 0 Å². The number of benzene rings is 2. The Labute approximate surface area is 206 Å². The fourth-order valence-corrected chi connectivity index (χ4v) is 5.54. The molecular weight excluding hydrogens is 440 g/mol. The Balaban J connectivity index is 1.44. The summed E-state index contributed by atoms with van der Waals surface area (Å²) < 4.78 is 14.4. The van der Waals surface area contributed by atoms with E-state index in [1.54, 1.807) is 0 Å². The molecular formula is C28H32N4O3. The van der Waals surface area contributed by atoms with E-state index in [2.05, 4.69) is 23.3 Å². The van der Waals surface area contributed by atoms with Crippen molar-refractivity contribution >= 4 is 11.6 Å². The molecule has 7 heteroatoms. The number of nitrogens with zero attached hydrogens (tertiary/aromatic N) is 3. The van der Waals surface area contributed by atoms with Gasteiger partial charge in [-0.15, -0.1) is 0 Å². The van der Waals surface area contributed by atoms with Gasteiger partial charge in [-0.05, 0) is 69.5 Å². The van der Waals surface area contributed by atoms with Gasteiger partial charge >= 0.3 is 0 Å². The molecule has 2 aromatic carbocycles. The third-order valence-corrected chi connectivity index (χ3v) is 7.72. The lowest BCUT2D eigenvalue weighted by Gasteiger charge is -2.36. The zero-order chi connectivity index (χ0) is 24.0. The van der Waals surface area contributed by atoms with Crippen molar-refractivity contribution in [3.8, 4) is 28.6 Å². The number of hydrogen-bond donors (Lipinski definition) is 1.